The highest BCUT2D eigenvalue weighted by Gasteiger charge is 2.31. The molecule has 1 N–H and O–H groups in total. The van der Waals surface area contributed by atoms with E-state index < -0.39 is 17.4 Å². The predicted octanol–water partition coefficient (Wildman–Crippen LogP) is 1.41. The standard InChI is InChI=1S/C29H12N2O4/c1-4-5-6-7-8-9-10-11-12-13-14-15-16-17-18-19-20-21-22-23-24-25-30-31-35-27(32)26-29(2,3)28(33)34/h26H2,1-3H3,(H,33,34)/b31-30+. The maximum Gasteiger partial charge on any atom is 0.338 e. The molecule has 0 aromatic rings. The maximum atomic E-state index is 11.4. The number of hydrogen-bond acceptors (Lipinski definition) is 5. The smallest absolute Gasteiger partial charge is 0.338 e. The fourth-order valence-corrected chi connectivity index (χ4v) is 1.23. The van der Waals surface area contributed by atoms with Crippen molar-refractivity contribution in [2.45, 2.75) is 27.2 Å². The predicted molar refractivity (Wildman–Crippen MR) is 128 cm³/mol. The van der Waals surface area contributed by atoms with Crippen LogP contribution in [0.3, 0.4) is 0 Å². The Morgan fingerprint density at radius 3 is 1.34 bits per heavy atom. The van der Waals surface area contributed by atoms with Crippen molar-refractivity contribution in [1.29, 1.82) is 0 Å². The molecule has 0 aromatic heterocycles. The van der Waals surface area contributed by atoms with Crippen molar-refractivity contribution >= 4 is 11.9 Å². The van der Waals surface area contributed by atoms with Gasteiger partial charge >= 0.3 is 11.9 Å². The molecule has 6 heteroatoms. The highest BCUT2D eigenvalue weighted by atomic mass is 16.7. The Morgan fingerprint density at radius 2 is 1.00 bits per heavy atom. The van der Waals surface area contributed by atoms with Crippen LogP contribution in [0.4, 0.5) is 0 Å². The summed E-state index contributed by atoms with van der Waals surface area (Å²) in [6.07, 6.45) is -0.366. The minimum atomic E-state index is -1.27. The molecule has 162 valence electrons. The molecule has 0 saturated heterocycles. The molecule has 0 aliphatic heterocycles. The number of rotatable bonds is 4. The van der Waals surface area contributed by atoms with Gasteiger partial charge in [0.15, 0.2) is 0 Å². The molecular weight excluding hydrogens is 440 g/mol. The van der Waals surface area contributed by atoms with Crippen LogP contribution in [-0.4, -0.2) is 17.0 Å². The average molecular weight is 452 g/mol. The second kappa shape index (κ2) is 19.7. The van der Waals surface area contributed by atoms with E-state index in [-0.39, 0.29) is 6.42 Å². The van der Waals surface area contributed by atoms with E-state index in [0.29, 0.717) is 0 Å². The SMILES string of the molecule is CC#CC#CC#CC#CC#CC#CC#CC#CC#CC#CC#C/N=N/OC(=O)CC(C)(C)C(=O)O. The minimum absolute atomic E-state index is 0.366. The third-order valence-electron chi connectivity index (χ3n) is 2.77. The summed E-state index contributed by atoms with van der Waals surface area (Å²) >= 11 is 0. The Labute approximate surface area is 205 Å². The third kappa shape index (κ3) is 19.4. The van der Waals surface area contributed by atoms with Crippen LogP contribution >= 0.6 is 0 Å². The van der Waals surface area contributed by atoms with Gasteiger partial charge in [0, 0.05) is 76.3 Å². The van der Waals surface area contributed by atoms with Gasteiger partial charge < -0.3 is 5.11 Å². The largest absolute Gasteiger partial charge is 0.481 e. The average Bonchev–Trinajstić information content (AvgIpc) is 2.81. The minimum Gasteiger partial charge on any atom is -0.481 e. The quantitative estimate of drug-likeness (QED) is 0.397. The lowest BCUT2D eigenvalue weighted by molar-refractivity contribution is -0.156. The Morgan fingerprint density at radius 1 is 0.657 bits per heavy atom. The van der Waals surface area contributed by atoms with Gasteiger partial charge in [-0.15, -0.1) is 0 Å². The van der Waals surface area contributed by atoms with Crippen molar-refractivity contribution in [2.24, 2.45) is 15.8 Å². The van der Waals surface area contributed by atoms with E-state index in [1.165, 1.54) is 13.8 Å². The zero-order chi connectivity index (χ0) is 26.0. The first kappa shape index (κ1) is 28.7. The van der Waals surface area contributed by atoms with E-state index in [0.717, 1.165) is 0 Å². The van der Waals surface area contributed by atoms with E-state index in [1.807, 2.05) is 0 Å². The van der Waals surface area contributed by atoms with Crippen LogP contribution in [0.25, 0.3) is 0 Å². The van der Waals surface area contributed by atoms with E-state index in [1.54, 1.807) is 6.92 Å². The van der Waals surface area contributed by atoms with E-state index in [4.69, 9.17) is 5.11 Å². The van der Waals surface area contributed by atoms with Crippen LogP contribution < -0.4 is 0 Å². The van der Waals surface area contributed by atoms with Crippen LogP contribution in [0, 0.1) is 136 Å². The molecule has 0 unspecified atom stereocenters. The summed E-state index contributed by atoms with van der Waals surface area (Å²) in [6, 6.07) is 2.15. The van der Waals surface area contributed by atoms with Gasteiger partial charge in [0.2, 0.25) is 0 Å². The Kier molecular flexibility index (Phi) is 16.1. The molecule has 0 bridgehead atoms. The van der Waals surface area contributed by atoms with E-state index >= 15 is 0 Å². The zero-order valence-electron chi connectivity index (χ0n) is 18.8. The van der Waals surface area contributed by atoms with E-state index in [2.05, 4.69) is 146 Å². The van der Waals surface area contributed by atoms with Gasteiger partial charge in [0.25, 0.3) is 0 Å². The van der Waals surface area contributed by atoms with Crippen LogP contribution in [0.1, 0.15) is 27.2 Å². The molecule has 35 heavy (non-hydrogen) atoms. The van der Waals surface area contributed by atoms with Gasteiger partial charge in [-0.05, 0) is 68.1 Å². The van der Waals surface area contributed by atoms with Crippen LogP contribution in [0.2, 0.25) is 0 Å². The Bertz CT molecular complexity index is 1580. The van der Waals surface area contributed by atoms with Gasteiger partial charge in [0.1, 0.15) is 0 Å². The molecule has 0 aromatic carbocycles. The molecule has 0 rings (SSSR count). The summed E-state index contributed by atoms with van der Waals surface area (Å²) in [4.78, 5) is 26.7. The lowest BCUT2D eigenvalue weighted by Gasteiger charge is -2.15. The van der Waals surface area contributed by atoms with Crippen LogP contribution in [-0.2, 0) is 14.4 Å². The molecule has 0 amide bonds. The van der Waals surface area contributed by atoms with Crippen molar-refractivity contribution in [2.75, 3.05) is 0 Å². The Hall–Kier alpha value is -6.30. The second-order valence-corrected chi connectivity index (χ2v) is 5.87. The molecule has 0 atom stereocenters. The topological polar surface area (TPSA) is 88.3 Å². The first-order chi connectivity index (χ1) is 16.9. The summed E-state index contributed by atoms with van der Waals surface area (Å²) < 4.78 is 0. The summed E-state index contributed by atoms with van der Waals surface area (Å²) in [5.74, 6) is 49.7. The fourth-order valence-electron chi connectivity index (χ4n) is 1.23. The molecule has 0 spiro atoms. The van der Waals surface area contributed by atoms with Crippen molar-refractivity contribution in [1.82, 2.24) is 0 Å². The summed E-state index contributed by atoms with van der Waals surface area (Å²) in [5, 5.41) is 15.2. The number of aliphatic carboxylic acids is 1. The normalized spacial score (nSPS) is 6.83. The first-order valence-corrected chi connectivity index (χ1v) is 9.15. The molecule has 0 aliphatic rings. The van der Waals surface area contributed by atoms with Gasteiger partial charge in [-0.25, -0.2) is 4.79 Å². The molecule has 6 nitrogen and oxygen atoms in total. The highest BCUT2D eigenvalue weighted by Crippen LogP contribution is 2.20. The number of carboxylic acid groups (broad SMARTS) is 1. The molecule has 0 heterocycles. The van der Waals surface area contributed by atoms with Gasteiger partial charge in [-0.3, -0.25) is 9.63 Å². The summed E-state index contributed by atoms with van der Waals surface area (Å²) in [7, 11) is 0. The van der Waals surface area contributed by atoms with E-state index in [9.17, 15) is 9.59 Å². The lowest BCUT2D eigenvalue weighted by Crippen LogP contribution is -2.27. The van der Waals surface area contributed by atoms with Crippen LogP contribution in [0.15, 0.2) is 10.4 Å². The summed E-state index contributed by atoms with van der Waals surface area (Å²) in [6.45, 7) is 4.44. The zero-order valence-corrected chi connectivity index (χ0v) is 18.8. The molecule has 0 aliphatic carbocycles. The van der Waals surface area contributed by atoms with Crippen molar-refractivity contribution in [3.63, 3.8) is 0 Å². The highest BCUT2D eigenvalue weighted by molar-refractivity contribution is 5.81. The first-order valence-electron chi connectivity index (χ1n) is 9.15. The van der Waals surface area contributed by atoms with Crippen molar-refractivity contribution in [3.8, 4) is 130 Å². The van der Waals surface area contributed by atoms with Crippen LogP contribution in [0.5, 0.6) is 0 Å². The van der Waals surface area contributed by atoms with Crippen molar-refractivity contribution in [3.05, 3.63) is 0 Å². The summed E-state index contributed by atoms with van der Waals surface area (Å²) in [5.41, 5.74) is -1.27. The molecule has 0 saturated carbocycles. The molecule has 0 fully saturated rings. The number of carbonyl (C=O) groups excluding carboxylic acids is 1. The fraction of sp³-hybridized carbons (Fsp3) is 0.172. The number of hydrogen-bond donors (Lipinski definition) is 1. The monoisotopic (exact) mass is 452 g/mol. The number of carboxylic acids is 1. The lowest BCUT2D eigenvalue weighted by atomic mass is 9.90. The number of nitrogens with zero attached hydrogens (tertiary/aromatic N) is 2. The third-order valence-corrected chi connectivity index (χ3v) is 2.77. The second-order valence-electron chi connectivity index (χ2n) is 5.87. The Balaban J connectivity index is 4.44. The molecule has 0 radical (unpaired) electrons. The maximum absolute atomic E-state index is 11.4. The number of carbonyl (C=O) groups is 2. The van der Waals surface area contributed by atoms with Gasteiger partial charge in [0.05, 0.1) is 17.9 Å². The van der Waals surface area contributed by atoms with Crippen molar-refractivity contribution < 1.29 is 19.5 Å². The van der Waals surface area contributed by atoms with Gasteiger partial charge in [-0.1, -0.05) is 11.0 Å². The molecular formula is C29H12N2O4. The van der Waals surface area contributed by atoms with Gasteiger partial charge in [-0.2, -0.15) is 0 Å².